The molecule has 0 atom stereocenters. The summed E-state index contributed by atoms with van der Waals surface area (Å²) in [6, 6.07) is 4.93. The van der Waals surface area contributed by atoms with Gasteiger partial charge in [-0.3, -0.25) is 4.68 Å². The molecule has 2 rings (SSSR count). The number of aryl methyl sites for hydroxylation is 1. The van der Waals surface area contributed by atoms with E-state index in [1.54, 1.807) is 16.8 Å². The maximum absolute atomic E-state index is 13.5. The molecule has 0 radical (unpaired) electrons. The molecule has 0 amide bonds. The van der Waals surface area contributed by atoms with Gasteiger partial charge in [-0.15, -0.1) is 0 Å². The number of nitrogens with zero attached hydrogens (tertiary/aromatic N) is 2. The Morgan fingerprint density at radius 2 is 2.25 bits per heavy atom. The Morgan fingerprint density at radius 1 is 1.50 bits per heavy atom. The quantitative estimate of drug-likeness (QED) is 0.709. The minimum Gasteiger partial charge on any atom is -0.267 e. The molecule has 0 bridgehead atoms. The largest absolute Gasteiger partial charge is 0.267 e. The zero-order chi connectivity index (χ0) is 11.7. The number of rotatable bonds is 2. The van der Waals surface area contributed by atoms with E-state index in [9.17, 15) is 4.39 Å². The van der Waals surface area contributed by atoms with Crippen molar-refractivity contribution in [3.63, 3.8) is 0 Å². The predicted octanol–water partition coefficient (Wildman–Crippen LogP) is 3.75. The first kappa shape index (κ1) is 12.0. The van der Waals surface area contributed by atoms with E-state index in [1.807, 2.05) is 13.1 Å². The van der Waals surface area contributed by atoms with Crippen LogP contribution in [-0.2, 0) is 6.54 Å². The Hall–Kier alpha value is -0.430. The predicted molar refractivity (Wildman–Crippen MR) is 72.9 cm³/mol. The summed E-state index contributed by atoms with van der Waals surface area (Å²) in [7, 11) is 0. The molecule has 2 aromatic rings. The van der Waals surface area contributed by atoms with Gasteiger partial charge in [0, 0.05) is 21.8 Å². The van der Waals surface area contributed by atoms with Crippen molar-refractivity contribution in [1.82, 2.24) is 9.78 Å². The highest BCUT2D eigenvalue weighted by Crippen LogP contribution is 2.17. The van der Waals surface area contributed by atoms with Crippen molar-refractivity contribution >= 4 is 38.5 Å². The van der Waals surface area contributed by atoms with Gasteiger partial charge in [0.05, 0.1) is 6.54 Å². The van der Waals surface area contributed by atoms with Crippen LogP contribution in [0, 0.1) is 16.4 Å². The van der Waals surface area contributed by atoms with Crippen LogP contribution in [-0.4, -0.2) is 9.78 Å². The van der Waals surface area contributed by atoms with Crippen LogP contribution in [0.5, 0.6) is 0 Å². The number of aromatic nitrogens is 2. The van der Waals surface area contributed by atoms with Gasteiger partial charge < -0.3 is 0 Å². The topological polar surface area (TPSA) is 17.8 Å². The molecular formula is C11H9BrFIN2. The van der Waals surface area contributed by atoms with Gasteiger partial charge in [-0.2, -0.15) is 5.10 Å². The number of hydrogen-bond donors (Lipinski definition) is 0. The first-order chi connectivity index (χ1) is 7.56. The first-order valence-corrected chi connectivity index (χ1v) is 6.57. The Bertz CT molecular complexity index is 505. The van der Waals surface area contributed by atoms with Gasteiger partial charge in [0.25, 0.3) is 0 Å². The van der Waals surface area contributed by atoms with E-state index in [0.717, 1.165) is 13.7 Å². The normalized spacial score (nSPS) is 10.8. The lowest BCUT2D eigenvalue weighted by Crippen LogP contribution is -2.02. The maximum Gasteiger partial charge on any atom is 0.128 e. The van der Waals surface area contributed by atoms with Crippen molar-refractivity contribution in [3.8, 4) is 0 Å². The zero-order valence-corrected chi connectivity index (χ0v) is 12.3. The third-order valence-electron chi connectivity index (χ3n) is 2.22. The third kappa shape index (κ3) is 2.63. The SMILES string of the molecule is Cc1cn(Cc2cc(Br)ccc2F)nc1I. The summed E-state index contributed by atoms with van der Waals surface area (Å²) in [6.07, 6.45) is 1.92. The molecule has 84 valence electrons. The fourth-order valence-electron chi connectivity index (χ4n) is 1.42. The average molecular weight is 395 g/mol. The number of benzene rings is 1. The van der Waals surface area contributed by atoms with E-state index in [1.165, 1.54) is 6.07 Å². The Kier molecular flexibility index (Phi) is 3.63. The molecule has 0 saturated carbocycles. The van der Waals surface area contributed by atoms with Crippen LogP contribution in [0.15, 0.2) is 28.9 Å². The van der Waals surface area contributed by atoms with Crippen LogP contribution < -0.4 is 0 Å². The molecule has 1 aromatic heterocycles. The molecule has 1 heterocycles. The molecule has 16 heavy (non-hydrogen) atoms. The van der Waals surface area contributed by atoms with Crippen LogP contribution in [0.4, 0.5) is 4.39 Å². The van der Waals surface area contributed by atoms with Crippen molar-refractivity contribution in [2.45, 2.75) is 13.5 Å². The van der Waals surface area contributed by atoms with Gasteiger partial charge in [-0.05, 0) is 47.7 Å². The average Bonchev–Trinajstić information content (AvgIpc) is 2.52. The van der Waals surface area contributed by atoms with E-state index in [0.29, 0.717) is 12.1 Å². The second kappa shape index (κ2) is 4.83. The number of halogens is 3. The maximum atomic E-state index is 13.5. The highest BCUT2D eigenvalue weighted by Gasteiger charge is 2.06. The van der Waals surface area contributed by atoms with Gasteiger partial charge in [0.2, 0.25) is 0 Å². The van der Waals surface area contributed by atoms with Crippen molar-refractivity contribution in [2.75, 3.05) is 0 Å². The summed E-state index contributed by atoms with van der Waals surface area (Å²) >= 11 is 5.50. The second-order valence-corrected chi connectivity index (χ2v) is 5.47. The van der Waals surface area contributed by atoms with Crippen LogP contribution in [0.1, 0.15) is 11.1 Å². The van der Waals surface area contributed by atoms with E-state index in [-0.39, 0.29) is 5.82 Å². The minimum absolute atomic E-state index is 0.202. The van der Waals surface area contributed by atoms with Gasteiger partial charge in [-0.1, -0.05) is 15.9 Å². The lowest BCUT2D eigenvalue weighted by Gasteiger charge is -2.04. The molecule has 0 aliphatic carbocycles. The molecule has 0 saturated heterocycles. The van der Waals surface area contributed by atoms with Crippen molar-refractivity contribution in [2.24, 2.45) is 0 Å². The van der Waals surface area contributed by atoms with Gasteiger partial charge >= 0.3 is 0 Å². The molecule has 0 aliphatic rings. The third-order valence-corrected chi connectivity index (χ3v) is 3.78. The fourth-order valence-corrected chi connectivity index (χ4v) is 2.24. The smallest absolute Gasteiger partial charge is 0.128 e. The van der Waals surface area contributed by atoms with Crippen LogP contribution >= 0.6 is 38.5 Å². The molecule has 0 N–H and O–H groups in total. The number of hydrogen-bond acceptors (Lipinski definition) is 1. The fraction of sp³-hybridized carbons (Fsp3) is 0.182. The standard InChI is InChI=1S/C11H9BrFIN2/c1-7-5-16(15-11(7)14)6-8-4-9(12)2-3-10(8)13/h2-5H,6H2,1H3. The molecule has 0 unspecified atom stereocenters. The Morgan fingerprint density at radius 3 is 2.88 bits per heavy atom. The van der Waals surface area contributed by atoms with Gasteiger partial charge in [0.1, 0.15) is 9.52 Å². The minimum atomic E-state index is -0.202. The summed E-state index contributed by atoms with van der Waals surface area (Å²) in [5, 5.41) is 4.30. The Labute approximate surface area is 115 Å². The monoisotopic (exact) mass is 394 g/mol. The summed E-state index contributed by atoms with van der Waals surface area (Å²) in [5.41, 5.74) is 1.74. The van der Waals surface area contributed by atoms with E-state index in [2.05, 4.69) is 43.6 Å². The van der Waals surface area contributed by atoms with Crippen molar-refractivity contribution < 1.29 is 4.39 Å². The van der Waals surface area contributed by atoms with E-state index >= 15 is 0 Å². The van der Waals surface area contributed by atoms with E-state index < -0.39 is 0 Å². The van der Waals surface area contributed by atoms with Crippen LogP contribution in [0.3, 0.4) is 0 Å². The molecule has 0 aliphatic heterocycles. The Balaban J connectivity index is 2.29. The first-order valence-electron chi connectivity index (χ1n) is 4.70. The highest BCUT2D eigenvalue weighted by molar-refractivity contribution is 14.1. The molecular weight excluding hydrogens is 386 g/mol. The van der Waals surface area contributed by atoms with Crippen LogP contribution in [0.2, 0.25) is 0 Å². The zero-order valence-electron chi connectivity index (χ0n) is 8.54. The summed E-state index contributed by atoms with van der Waals surface area (Å²) < 4.78 is 17.1. The van der Waals surface area contributed by atoms with Crippen molar-refractivity contribution in [3.05, 3.63) is 49.5 Å². The summed E-state index contributed by atoms with van der Waals surface area (Å²) in [5.74, 6) is -0.202. The van der Waals surface area contributed by atoms with Gasteiger partial charge in [0.15, 0.2) is 0 Å². The van der Waals surface area contributed by atoms with E-state index in [4.69, 9.17) is 0 Å². The van der Waals surface area contributed by atoms with Crippen LogP contribution in [0.25, 0.3) is 0 Å². The molecule has 2 nitrogen and oxygen atoms in total. The van der Waals surface area contributed by atoms with Gasteiger partial charge in [-0.25, -0.2) is 4.39 Å². The summed E-state index contributed by atoms with van der Waals surface area (Å²) in [6.45, 7) is 2.44. The molecule has 1 aromatic carbocycles. The second-order valence-electron chi connectivity index (χ2n) is 3.54. The van der Waals surface area contributed by atoms with Crippen molar-refractivity contribution in [1.29, 1.82) is 0 Å². The summed E-state index contributed by atoms with van der Waals surface area (Å²) in [4.78, 5) is 0. The lowest BCUT2D eigenvalue weighted by atomic mass is 10.2. The molecule has 5 heteroatoms. The lowest BCUT2D eigenvalue weighted by molar-refractivity contribution is 0.583. The molecule has 0 fully saturated rings. The highest BCUT2D eigenvalue weighted by atomic mass is 127. The molecule has 0 spiro atoms.